The molecule has 1 atom stereocenters. The summed E-state index contributed by atoms with van der Waals surface area (Å²) in [5.41, 5.74) is 0. The third-order valence-corrected chi connectivity index (χ3v) is 3.62. The molecule has 0 bridgehead atoms. The normalized spacial score (nSPS) is 29.1. The number of hydrogen-bond donors (Lipinski definition) is 2. The van der Waals surface area contributed by atoms with Gasteiger partial charge in [-0.25, -0.2) is 0 Å². The van der Waals surface area contributed by atoms with Crippen LogP contribution in [0, 0.1) is 0 Å². The molecule has 2 N–H and O–H groups in total. The van der Waals surface area contributed by atoms with Crippen LogP contribution in [0.15, 0.2) is 0 Å². The molecule has 0 spiro atoms. The number of aliphatic hydroxyl groups is 1. The molecule has 1 unspecified atom stereocenters. The number of aliphatic hydroxyl groups excluding tert-OH is 1. The van der Waals surface area contributed by atoms with Gasteiger partial charge in [0.1, 0.15) is 0 Å². The van der Waals surface area contributed by atoms with E-state index in [0.29, 0.717) is 0 Å². The van der Waals surface area contributed by atoms with Crippen molar-refractivity contribution in [3.63, 3.8) is 0 Å². The minimum atomic E-state index is 0.244. The smallest absolute Gasteiger partial charge is 0.0597 e. The van der Waals surface area contributed by atoms with Gasteiger partial charge in [0, 0.05) is 38.8 Å². The molecule has 2 rings (SSSR count). The Morgan fingerprint density at radius 2 is 1.88 bits per heavy atom. The highest BCUT2D eigenvalue weighted by molar-refractivity contribution is 4.76. The third-order valence-electron chi connectivity index (χ3n) is 3.62. The second-order valence-corrected chi connectivity index (χ2v) is 4.94. The lowest BCUT2D eigenvalue weighted by Crippen LogP contribution is -2.44. The van der Waals surface area contributed by atoms with Crippen molar-refractivity contribution in [2.45, 2.75) is 12.5 Å². The summed E-state index contributed by atoms with van der Waals surface area (Å²) >= 11 is 0. The third kappa shape index (κ3) is 4.52. The molecule has 5 heteroatoms. The summed E-state index contributed by atoms with van der Waals surface area (Å²) in [4.78, 5) is 4.94. The van der Waals surface area contributed by atoms with Crippen molar-refractivity contribution in [3.05, 3.63) is 0 Å². The average Bonchev–Trinajstić information content (AvgIpc) is 2.62. The lowest BCUT2D eigenvalue weighted by Gasteiger charge is -2.30. The summed E-state index contributed by atoms with van der Waals surface area (Å²) < 4.78 is 5.35. The highest BCUT2D eigenvalue weighted by Crippen LogP contribution is 2.02. The van der Waals surface area contributed by atoms with Gasteiger partial charge in [-0.15, -0.1) is 0 Å². The van der Waals surface area contributed by atoms with Crippen LogP contribution in [0.1, 0.15) is 6.42 Å². The molecule has 0 aliphatic carbocycles. The first-order valence-corrected chi connectivity index (χ1v) is 6.75. The quantitative estimate of drug-likeness (QED) is 0.661. The molecule has 100 valence electrons. The second kappa shape index (κ2) is 7.28. The molecule has 2 aliphatic rings. The molecule has 2 fully saturated rings. The zero-order chi connectivity index (χ0) is 11.9. The standard InChI is InChI=1S/C12H25N3O2/c16-11-12-10-15(3-1-2-13-12)5-4-14-6-8-17-9-7-14/h12-13,16H,1-11H2. The largest absolute Gasteiger partial charge is 0.395 e. The van der Waals surface area contributed by atoms with E-state index in [-0.39, 0.29) is 12.6 Å². The fourth-order valence-corrected chi connectivity index (χ4v) is 2.51. The minimum absolute atomic E-state index is 0.244. The molecule has 2 heterocycles. The minimum Gasteiger partial charge on any atom is -0.395 e. The van der Waals surface area contributed by atoms with Gasteiger partial charge in [-0.2, -0.15) is 0 Å². The van der Waals surface area contributed by atoms with Gasteiger partial charge in [0.2, 0.25) is 0 Å². The predicted octanol–water partition coefficient (Wildman–Crippen LogP) is -1.03. The molecule has 5 nitrogen and oxygen atoms in total. The Hall–Kier alpha value is -0.200. The molecule has 17 heavy (non-hydrogen) atoms. The maximum Gasteiger partial charge on any atom is 0.0597 e. The number of nitrogens with zero attached hydrogens (tertiary/aromatic N) is 2. The molecule has 0 aromatic rings. The highest BCUT2D eigenvalue weighted by atomic mass is 16.5. The van der Waals surface area contributed by atoms with Gasteiger partial charge >= 0.3 is 0 Å². The Morgan fingerprint density at radius 3 is 2.65 bits per heavy atom. The van der Waals surface area contributed by atoms with Crippen LogP contribution in [0.4, 0.5) is 0 Å². The molecule has 0 aromatic carbocycles. The number of rotatable bonds is 4. The number of nitrogens with one attached hydrogen (secondary N) is 1. The van der Waals surface area contributed by atoms with Crippen LogP contribution in [0.25, 0.3) is 0 Å². The lowest BCUT2D eigenvalue weighted by atomic mass is 10.3. The van der Waals surface area contributed by atoms with Crippen molar-refractivity contribution in [3.8, 4) is 0 Å². The Labute approximate surface area is 104 Å². The van der Waals surface area contributed by atoms with Crippen LogP contribution < -0.4 is 5.32 Å². The molecule has 0 radical (unpaired) electrons. The van der Waals surface area contributed by atoms with E-state index in [0.717, 1.165) is 59.0 Å². The summed E-state index contributed by atoms with van der Waals surface area (Å²) in [5, 5.41) is 12.6. The molecular formula is C12H25N3O2. The monoisotopic (exact) mass is 243 g/mol. The van der Waals surface area contributed by atoms with E-state index in [4.69, 9.17) is 4.74 Å². The van der Waals surface area contributed by atoms with Gasteiger partial charge < -0.3 is 20.1 Å². The van der Waals surface area contributed by atoms with Crippen LogP contribution in [-0.2, 0) is 4.74 Å². The van der Waals surface area contributed by atoms with Gasteiger partial charge in [-0.3, -0.25) is 4.90 Å². The molecular weight excluding hydrogens is 218 g/mol. The maximum absolute atomic E-state index is 9.23. The van der Waals surface area contributed by atoms with Crippen LogP contribution >= 0.6 is 0 Å². The van der Waals surface area contributed by atoms with E-state index in [9.17, 15) is 5.11 Å². The zero-order valence-electron chi connectivity index (χ0n) is 10.6. The molecule has 0 aromatic heterocycles. The second-order valence-electron chi connectivity index (χ2n) is 4.94. The number of morpholine rings is 1. The van der Waals surface area contributed by atoms with Crippen molar-refractivity contribution in [1.82, 2.24) is 15.1 Å². The average molecular weight is 243 g/mol. The summed E-state index contributed by atoms with van der Waals surface area (Å²) in [5.74, 6) is 0. The maximum atomic E-state index is 9.23. The van der Waals surface area contributed by atoms with E-state index in [1.165, 1.54) is 6.42 Å². The summed E-state index contributed by atoms with van der Waals surface area (Å²) in [6, 6.07) is 0.252. The SMILES string of the molecule is OCC1CN(CCN2CCOCC2)CCCN1. The topological polar surface area (TPSA) is 48.0 Å². The first kappa shape index (κ1) is 13.2. The molecule has 2 aliphatic heterocycles. The Kier molecular flexibility index (Phi) is 5.67. The van der Waals surface area contributed by atoms with Crippen LogP contribution in [0.5, 0.6) is 0 Å². The number of hydrogen-bond acceptors (Lipinski definition) is 5. The Morgan fingerprint density at radius 1 is 1.12 bits per heavy atom. The number of ether oxygens (including phenoxy) is 1. The zero-order valence-corrected chi connectivity index (χ0v) is 10.6. The first-order chi connectivity index (χ1) is 8.38. The van der Waals surface area contributed by atoms with E-state index < -0.39 is 0 Å². The van der Waals surface area contributed by atoms with Crippen molar-refractivity contribution >= 4 is 0 Å². The first-order valence-electron chi connectivity index (χ1n) is 6.75. The Balaban J connectivity index is 1.69. The molecule has 0 saturated carbocycles. The molecule has 0 amide bonds. The van der Waals surface area contributed by atoms with Gasteiger partial charge in [0.25, 0.3) is 0 Å². The van der Waals surface area contributed by atoms with Gasteiger partial charge in [0.05, 0.1) is 19.8 Å². The summed E-state index contributed by atoms with van der Waals surface area (Å²) in [6.07, 6.45) is 1.18. The van der Waals surface area contributed by atoms with E-state index in [1.807, 2.05) is 0 Å². The predicted molar refractivity (Wildman–Crippen MR) is 67.2 cm³/mol. The van der Waals surface area contributed by atoms with E-state index in [1.54, 1.807) is 0 Å². The van der Waals surface area contributed by atoms with Crippen molar-refractivity contribution in [2.75, 3.05) is 65.6 Å². The van der Waals surface area contributed by atoms with Gasteiger partial charge in [-0.05, 0) is 19.5 Å². The summed E-state index contributed by atoms with van der Waals surface area (Å²) in [6.45, 7) is 9.51. The van der Waals surface area contributed by atoms with E-state index in [2.05, 4.69) is 15.1 Å². The fourth-order valence-electron chi connectivity index (χ4n) is 2.51. The van der Waals surface area contributed by atoms with Crippen LogP contribution in [-0.4, -0.2) is 86.6 Å². The Bertz CT molecular complexity index is 210. The summed E-state index contributed by atoms with van der Waals surface area (Å²) in [7, 11) is 0. The lowest BCUT2D eigenvalue weighted by molar-refractivity contribution is 0.0330. The van der Waals surface area contributed by atoms with Crippen molar-refractivity contribution < 1.29 is 9.84 Å². The van der Waals surface area contributed by atoms with Gasteiger partial charge in [0.15, 0.2) is 0 Å². The van der Waals surface area contributed by atoms with E-state index >= 15 is 0 Å². The highest BCUT2D eigenvalue weighted by Gasteiger charge is 2.18. The fraction of sp³-hybridized carbons (Fsp3) is 1.00. The van der Waals surface area contributed by atoms with Crippen LogP contribution in [0.2, 0.25) is 0 Å². The van der Waals surface area contributed by atoms with Gasteiger partial charge in [-0.1, -0.05) is 0 Å². The van der Waals surface area contributed by atoms with Crippen LogP contribution in [0.3, 0.4) is 0 Å². The van der Waals surface area contributed by atoms with Crippen molar-refractivity contribution in [2.24, 2.45) is 0 Å². The van der Waals surface area contributed by atoms with Crippen molar-refractivity contribution in [1.29, 1.82) is 0 Å². The molecule has 2 saturated heterocycles.